The molecule has 194 valence electrons. The van der Waals surface area contributed by atoms with Gasteiger partial charge in [0.05, 0.1) is 43.7 Å². The second kappa shape index (κ2) is 11.5. The van der Waals surface area contributed by atoms with Gasteiger partial charge in [-0.15, -0.1) is 0 Å². The van der Waals surface area contributed by atoms with Gasteiger partial charge in [-0.1, -0.05) is 55.0 Å². The summed E-state index contributed by atoms with van der Waals surface area (Å²) >= 11 is 1.26. The van der Waals surface area contributed by atoms with E-state index in [-0.39, 0.29) is 12.2 Å². The van der Waals surface area contributed by atoms with Gasteiger partial charge in [0.1, 0.15) is 11.8 Å². The Morgan fingerprint density at radius 1 is 1.03 bits per heavy atom. The number of thiazole rings is 1. The predicted octanol–water partition coefficient (Wildman–Crippen LogP) is 3.60. The molecule has 2 aromatic carbocycles. The molecule has 1 aliphatic heterocycles. The van der Waals surface area contributed by atoms with E-state index in [4.69, 9.17) is 23.9 Å². The Morgan fingerprint density at radius 3 is 2.43 bits per heavy atom. The number of carbonyl (C=O) groups is 1. The third-order valence-electron chi connectivity index (χ3n) is 6.05. The minimum absolute atomic E-state index is 0.209. The van der Waals surface area contributed by atoms with Gasteiger partial charge in [0.2, 0.25) is 0 Å². The van der Waals surface area contributed by atoms with Crippen molar-refractivity contribution in [3.8, 4) is 17.2 Å². The maximum absolute atomic E-state index is 13.9. The molecule has 0 fully saturated rings. The first-order valence-corrected chi connectivity index (χ1v) is 12.9. The first kappa shape index (κ1) is 26.2. The molecule has 0 unspecified atom stereocenters. The summed E-state index contributed by atoms with van der Waals surface area (Å²) in [6.07, 6.45) is 3.10. The Hall–Kier alpha value is -3.85. The maximum Gasteiger partial charge on any atom is 0.338 e. The topological polar surface area (TPSA) is 88.4 Å². The Balaban J connectivity index is 2.04. The van der Waals surface area contributed by atoms with Gasteiger partial charge in [-0.05, 0) is 31.6 Å². The third-order valence-corrected chi connectivity index (χ3v) is 7.03. The Labute approximate surface area is 219 Å². The van der Waals surface area contributed by atoms with Crippen LogP contribution in [0, 0.1) is 0 Å². The van der Waals surface area contributed by atoms with Gasteiger partial charge in [-0.3, -0.25) is 9.36 Å². The fourth-order valence-electron chi connectivity index (χ4n) is 4.47. The molecule has 9 heteroatoms. The third kappa shape index (κ3) is 4.91. The molecule has 1 aliphatic rings. The number of aromatic nitrogens is 1. The number of ether oxygens (including phenoxy) is 4. The van der Waals surface area contributed by atoms with Crippen molar-refractivity contribution in [3.63, 3.8) is 0 Å². The van der Waals surface area contributed by atoms with E-state index in [1.807, 2.05) is 43.3 Å². The van der Waals surface area contributed by atoms with Gasteiger partial charge in [0, 0.05) is 11.1 Å². The number of rotatable bonds is 9. The molecule has 0 saturated carbocycles. The highest BCUT2D eigenvalue weighted by Crippen LogP contribution is 2.37. The van der Waals surface area contributed by atoms with Crippen LogP contribution in [0.15, 0.2) is 63.5 Å². The van der Waals surface area contributed by atoms with E-state index in [2.05, 4.69) is 0 Å². The number of para-hydroxylation sites is 2. The van der Waals surface area contributed by atoms with E-state index in [0.717, 1.165) is 6.42 Å². The monoisotopic (exact) mass is 522 g/mol. The van der Waals surface area contributed by atoms with Gasteiger partial charge >= 0.3 is 5.97 Å². The minimum atomic E-state index is -0.748. The van der Waals surface area contributed by atoms with E-state index in [1.165, 1.54) is 11.3 Å². The number of nitrogens with zero attached hydrogens (tertiary/aromatic N) is 2. The van der Waals surface area contributed by atoms with Crippen molar-refractivity contribution in [3.05, 3.63) is 84.5 Å². The molecule has 0 saturated heterocycles. The van der Waals surface area contributed by atoms with Gasteiger partial charge in [-0.2, -0.15) is 0 Å². The van der Waals surface area contributed by atoms with Crippen LogP contribution in [-0.2, 0) is 9.53 Å². The van der Waals surface area contributed by atoms with Crippen molar-refractivity contribution in [1.82, 2.24) is 4.57 Å². The number of benzene rings is 2. The highest BCUT2D eigenvalue weighted by molar-refractivity contribution is 7.07. The van der Waals surface area contributed by atoms with Crippen LogP contribution in [0.4, 0.5) is 0 Å². The molecule has 8 nitrogen and oxygen atoms in total. The Kier molecular flexibility index (Phi) is 8.13. The number of esters is 1. The SMILES string of the molecule is CCCC1=C(C(=O)OCC)[C@@H](c2ccccc2OC)n2c(s/c(=C/c3cccc(OC)c3OC)c2=O)=N1. The first-order chi connectivity index (χ1) is 18.0. The van der Waals surface area contributed by atoms with Crippen LogP contribution in [0.2, 0.25) is 0 Å². The van der Waals surface area contributed by atoms with Crippen LogP contribution >= 0.6 is 11.3 Å². The lowest BCUT2D eigenvalue weighted by molar-refractivity contribution is -0.139. The van der Waals surface area contributed by atoms with Crippen molar-refractivity contribution >= 4 is 23.4 Å². The van der Waals surface area contributed by atoms with E-state index in [1.54, 1.807) is 45.0 Å². The molecule has 0 bridgehead atoms. The van der Waals surface area contributed by atoms with Crippen LogP contribution < -0.4 is 29.1 Å². The normalized spacial score (nSPS) is 15.2. The molecule has 1 aromatic heterocycles. The van der Waals surface area contributed by atoms with E-state index >= 15 is 0 Å². The molecule has 0 N–H and O–H groups in total. The molecule has 0 aliphatic carbocycles. The van der Waals surface area contributed by atoms with Gasteiger partial charge in [-0.25, -0.2) is 9.79 Å². The number of methoxy groups -OCH3 is 3. The highest BCUT2D eigenvalue weighted by atomic mass is 32.1. The average Bonchev–Trinajstić information content (AvgIpc) is 3.22. The summed E-state index contributed by atoms with van der Waals surface area (Å²) in [5, 5.41) is 0. The van der Waals surface area contributed by atoms with Crippen LogP contribution in [0.1, 0.15) is 43.9 Å². The van der Waals surface area contributed by atoms with E-state index in [0.29, 0.717) is 55.4 Å². The van der Waals surface area contributed by atoms with Gasteiger partial charge in [0.25, 0.3) is 5.56 Å². The number of carbonyl (C=O) groups excluding carboxylic acids is 1. The summed E-state index contributed by atoms with van der Waals surface area (Å²) in [7, 11) is 4.69. The van der Waals surface area contributed by atoms with Gasteiger partial charge < -0.3 is 18.9 Å². The second-order valence-corrected chi connectivity index (χ2v) is 9.25. The number of allylic oxidation sites excluding steroid dienone is 1. The second-order valence-electron chi connectivity index (χ2n) is 8.24. The minimum Gasteiger partial charge on any atom is -0.496 e. The summed E-state index contributed by atoms with van der Waals surface area (Å²) < 4.78 is 24.1. The number of hydrogen-bond acceptors (Lipinski definition) is 8. The van der Waals surface area contributed by atoms with Crippen molar-refractivity contribution in [2.45, 2.75) is 32.7 Å². The zero-order valence-corrected chi connectivity index (χ0v) is 22.4. The lowest BCUT2D eigenvalue weighted by Gasteiger charge is -2.26. The average molecular weight is 523 g/mol. The Bertz CT molecular complexity index is 1520. The maximum atomic E-state index is 13.9. The first-order valence-electron chi connectivity index (χ1n) is 12.0. The standard InChI is InChI=1S/C28H30N2O6S/c1-6-11-19-23(27(32)36-7-2)24(18-13-8-9-14-20(18)33-3)30-26(31)22(37-28(30)29-19)16-17-12-10-15-21(34-4)25(17)35-5/h8-10,12-16,24H,6-7,11H2,1-5H3/b22-16+/t24-/m1/s1. The molecular weight excluding hydrogens is 492 g/mol. The lowest BCUT2D eigenvalue weighted by Crippen LogP contribution is -2.40. The molecule has 37 heavy (non-hydrogen) atoms. The van der Waals surface area contributed by atoms with Crippen LogP contribution in [0.25, 0.3) is 6.08 Å². The van der Waals surface area contributed by atoms with Gasteiger partial charge in [0.15, 0.2) is 16.3 Å². The quantitative estimate of drug-likeness (QED) is 0.399. The fraction of sp³-hybridized carbons (Fsp3) is 0.321. The summed E-state index contributed by atoms with van der Waals surface area (Å²) in [5.41, 5.74) is 2.07. The number of fused-ring (bicyclic) bond motifs is 1. The van der Waals surface area contributed by atoms with E-state index < -0.39 is 12.0 Å². The molecule has 1 atom stereocenters. The highest BCUT2D eigenvalue weighted by Gasteiger charge is 2.35. The summed E-state index contributed by atoms with van der Waals surface area (Å²) in [6, 6.07) is 12.1. The summed E-state index contributed by atoms with van der Waals surface area (Å²) in [5.74, 6) is 1.16. The lowest BCUT2D eigenvalue weighted by atomic mass is 9.93. The number of hydrogen-bond donors (Lipinski definition) is 0. The molecular formula is C28H30N2O6S. The summed E-state index contributed by atoms with van der Waals surface area (Å²) in [6.45, 7) is 3.99. The smallest absolute Gasteiger partial charge is 0.338 e. The molecule has 3 aromatic rings. The molecule has 0 radical (unpaired) electrons. The summed E-state index contributed by atoms with van der Waals surface area (Å²) in [4.78, 5) is 32.5. The van der Waals surface area contributed by atoms with Crippen LogP contribution in [-0.4, -0.2) is 38.5 Å². The predicted molar refractivity (Wildman–Crippen MR) is 142 cm³/mol. The molecule has 0 amide bonds. The van der Waals surface area contributed by atoms with Crippen molar-refractivity contribution in [2.24, 2.45) is 4.99 Å². The Morgan fingerprint density at radius 2 is 1.76 bits per heavy atom. The van der Waals surface area contributed by atoms with Crippen LogP contribution in [0.3, 0.4) is 0 Å². The van der Waals surface area contributed by atoms with Crippen molar-refractivity contribution in [2.75, 3.05) is 27.9 Å². The zero-order valence-electron chi connectivity index (χ0n) is 21.6. The molecule has 4 rings (SSSR count). The largest absolute Gasteiger partial charge is 0.496 e. The van der Waals surface area contributed by atoms with Crippen LogP contribution in [0.5, 0.6) is 17.2 Å². The molecule has 2 heterocycles. The molecule has 0 spiro atoms. The zero-order chi connectivity index (χ0) is 26.5. The van der Waals surface area contributed by atoms with Crippen molar-refractivity contribution < 1.29 is 23.7 Å². The fourth-order valence-corrected chi connectivity index (χ4v) is 5.49. The van der Waals surface area contributed by atoms with E-state index in [9.17, 15) is 9.59 Å². The van der Waals surface area contributed by atoms with Crippen molar-refractivity contribution in [1.29, 1.82) is 0 Å².